The van der Waals surface area contributed by atoms with Gasteiger partial charge in [0, 0.05) is 17.6 Å². The summed E-state index contributed by atoms with van der Waals surface area (Å²) in [6, 6.07) is 5.58. The van der Waals surface area contributed by atoms with Gasteiger partial charge in [-0.25, -0.2) is 4.79 Å². The first kappa shape index (κ1) is 10.6. The van der Waals surface area contributed by atoms with Crippen molar-refractivity contribution in [2.24, 2.45) is 0 Å². The highest BCUT2D eigenvalue weighted by molar-refractivity contribution is 5.86. The molecule has 0 fully saturated rings. The molecule has 0 aliphatic heterocycles. The second kappa shape index (κ2) is 4.32. The maximum atomic E-state index is 11.4. The van der Waals surface area contributed by atoms with Gasteiger partial charge in [0.1, 0.15) is 11.3 Å². The number of aromatic amines is 1. The monoisotopic (exact) mass is 219 g/mol. The van der Waals surface area contributed by atoms with Crippen LogP contribution in [0, 0.1) is 0 Å². The number of rotatable bonds is 3. The van der Waals surface area contributed by atoms with Gasteiger partial charge in [-0.2, -0.15) is 4.98 Å². The Bertz CT molecular complexity index is 563. The molecule has 1 aromatic carbocycles. The Balaban J connectivity index is 2.77. The summed E-state index contributed by atoms with van der Waals surface area (Å²) in [6.07, 6.45) is 0. The third-order valence-corrected chi connectivity index (χ3v) is 2.37. The van der Waals surface area contributed by atoms with Gasteiger partial charge < -0.3 is 15.0 Å². The summed E-state index contributed by atoms with van der Waals surface area (Å²) < 4.78 is 5.18. The Hall–Kier alpha value is -1.88. The molecule has 0 radical (unpaired) electrons. The summed E-state index contributed by atoms with van der Waals surface area (Å²) in [7, 11) is 3.39. The summed E-state index contributed by atoms with van der Waals surface area (Å²) in [6.45, 7) is 0.585. The number of nitrogens with zero attached hydrogens (tertiary/aromatic N) is 1. The molecule has 5 heteroatoms. The van der Waals surface area contributed by atoms with Gasteiger partial charge in [-0.1, -0.05) is 12.1 Å². The standard InChI is InChI=1S/C11H13N3O2/c1-12-6-8-7-4-3-5-9(16-2)10(7)14-11(15)13-8/h3-5,12H,6H2,1-2H3,(H,13,14,15). The molecule has 0 saturated heterocycles. The topological polar surface area (TPSA) is 67.0 Å². The molecule has 2 aromatic rings. The van der Waals surface area contributed by atoms with Crippen LogP contribution in [0.25, 0.3) is 10.9 Å². The quantitative estimate of drug-likeness (QED) is 0.795. The van der Waals surface area contributed by atoms with Crippen LogP contribution in [0.2, 0.25) is 0 Å². The molecule has 0 saturated carbocycles. The Morgan fingerprint density at radius 2 is 2.31 bits per heavy atom. The summed E-state index contributed by atoms with van der Waals surface area (Å²) >= 11 is 0. The second-order valence-electron chi connectivity index (χ2n) is 3.41. The number of fused-ring (bicyclic) bond motifs is 1. The number of methoxy groups -OCH3 is 1. The van der Waals surface area contributed by atoms with Crippen molar-refractivity contribution >= 4 is 10.9 Å². The highest BCUT2D eigenvalue weighted by atomic mass is 16.5. The molecular weight excluding hydrogens is 206 g/mol. The number of para-hydroxylation sites is 1. The number of ether oxygens (including phenoxy) is 1. The van der Waals surface area contributed by atoms with Gasteiger partial charge in [-0.3, -0.25) is 0 Å². The fraction of sp³-hybridized carbons (Fsp3) is 0.273. The molecule has 0 atom stereocenters. The molecule has 0 spiro atoms. The van der Waals surface area contributed by atoms with Gasteiger partial charge >= 0.3 is 5.69 Å². The summed E-state index contributed by atoms with van der Waals surface area (Å²) in [5.74, 6) is 0.612. The number of aromatic nitrogens is 2. The van der Waals surface area contributed by atoms with Crippen molar-refractivity contribution < 1.29 is 4.74 Å². The number of nitrogens with one attached hydrogen (secondary N) is 2. The van der Waals surface area contributed by atoms with Crippen LogP contribution in [0.3, 0.4) is 0 Å². The summed E-state index contributed by atoms with van der Waals surface area (Å²) in [4.78, 5) is 18.0. The van der Waals surface area contributed by atoms with Crippen LogP contribution in [0.15, 0.2) is 23.0 Å². The van der Waals surface area contributed by atoms with E-state index < -0.39 is 0 Å². The zero-order valence-electron chi connectivity index (χ0n) is 9.20. The number of hydrogen-bond donors (Lipinski definition) is 2. The Morgan fingerprint density at radius 3 is 3.00 bits per heavy atom. The van der Waals surface area contributed by atoms with Gasteiger partial charge in [0.2, 0.25) is 0 Å². The van der Waals surface area contributed by atoms with E-state index in [-0.39, 0.29) is 5.69 Å². The molecular formula is C11H13N3O2. The lowest BCUT2D eigenvalue weighted by Crippen LogP contribution is -2.17. The van der Waals surface area contributed by atoms with Crippen LogP contribution in [0.1, 0.15) is 5.69 Å². The normalized spacial score (nSPS) is 10.6. The van der Waals surface area contributed by atoms with E-state index in [0.717, 1.165) is 11.1 Å². The largest absolute Gasteiger partial charge is 0.494 e. The van der Waals surface area contributed by atoms with Crippen LogP contribution >= 0.6 is 0 Å². The first-order valence-corrected chi connectivity index (χ1v) is 4.96. The fourth-order valence-electron chi connectivity index (χ4n) is 1.69. The highest BCUT2D eigenvalue weighted by Crippen LogP contribution is 2.23. The lowest BCUT2D eigenvalue weighted by molar-refractivity contribution is 0.418. The second-order valence-corrected chi connectivity index (χ2v) is 3.41. The Morgan fingerprint density at radius 1 is 1.50 bits per heavy atom. The van der Waals surface area contributed by atoms with Gasteiger partial charge in [0.25, 0.3) is 0 Å². The van der Waals surface area contributed by atoms with Gasteiger partial charge in [0.15, 0.2) is 0 Å². The van der Waals surface area contributed by atoms with Crippen molar-refractivity contribution in [2.75, 3.05) is 14.2 Å². The molecule has 16 heavy (non-hydrogen) atoms. The van der Waals surface area contributed by atoms with E-state index in [0.29, 0.717) is 17.8 Å². The smallest absolute Gasteiger partial charge is 0.345 e. The first-order valence-electron chi connectivity index (χ1n) is 4.96. The van der Waals surface area contributed by atoms with E-state index in [9.17, 15) is 4.79 Å². The molecule has 2 N–H and O–H groups in total. The zero-order valence-corrected chi connectivity index (χ0v) is 9.20. The Labute approximate surface area is 92.5 Å². The molecule has 0 unspecified atom stereocenters. The zero-order chi connectivity index (χ0) is 11.5. The molecule has 0 amide bonds. The molecule has 0 aliphatic rings. The summed E-state index contributed by atoms with van der Waals surface area (Å²) in [5, 5.41) is 3.90. The minimum absolute atomic E-state index is 0.359. The van der Waals surface area contributed by atoms with Crippen LogP contribution in [-0.2, 0) is 6.54 Å². The fourth-order valence-corrected chi connectivity index (χ4v) is 1.69. The molecule has 0 bridgehead atoms. The Kier molecular flexibility index (Phi) is 2.87. The maximum absolute atomic E-state index is 11.4. The van der Waals surface area contributed by atoms with Crippen molar-refractivity contribution in [3.63, 3.8) is 0 Å². The molecule has 84 valence electrons. The van der Waals surface area contributed by atoms with Crippen LogP contribution < -0.4 is 15.7 Å². The van der Waals surface area contributed by atoms with Gasteiger partial charge in [0.05, 0.1) is 7.11 Å². The maximum Gasteiger partial charge on any atom is 0.345 e. The van der Waals surface area contributed by atoms with Crippen molar-refractivity contribution in [1.82, 2.24) is 15.3 Å². The van der Waals surface area contributed by atoms with Crippen LogP contribution in [-0.4, -0.2) is 24.1 Å². The first-order chi connectivity index (χ1) is 7.76. The molecule has 1 aromatic heterocycles. The molecule has 1 heterocycles. The lowest BCUT2D eigenvalue weighted by atomic mass is 10.1. The predicted octanol–water partition coefficient (Wildman–Crippen LogP) is 0.651. The number of benzene rings is 1. The average Bonchev–Trinajstić information content (AvgIpc) is 2.28. The third kappa shape index (κ3) is 1.77. The van der Waals surface area contributed by atoms with E-state index in [1.807, 2.05) is 19.2 Å². The van der Waals surface area contributed by atoms with Crippen molar-refractivity contribution in [2.45, 2.75) is 6.54 Å². The van der Waals surface area contributed by atoms with Crippen molar-refractivity contribution in [3.05, 3.63) is 34.4 Å². The van der Waals surface area contributed by atoms with Crippen LogP contribution in [0.4, 0.5) is 0 Å². The van der Waals surface area contributed by atoms with E-state index in [1.165, 1.54) is 0 Å². The van der Waals surface area contributed by atoms with Gasteiger partial charge in [-0.15, -0.1) is 0 Å². The van der Waals surface area contributed by atoms with E-state index in [4.69, 9.17) is 4.74 Å². The summed E-state index contributed by atoms with van der Waals surface area (Å²) in [5.41, 5.74) is 1.05. The van der Waals surface area contributed by atoms with Crippen molar-refractivity contribution in [1.29, 1.82) is 0 Å². The van der Waals surface area contributed by atoms with E-state index in [1.54, 1.807) is 13.2 Å². The molecule has 2 rings (SSSR count). The van der Waals surface area contributed by atoms with Crippen molar-refractivity contribution in [3.8, 4) is 5.75 Å². The third-order valence-electron chi connectivity index (χ3n) is 2.37. The number of H-pyrrole nitrogens is 1. The van der Waals surface area contributed by atoms with Gasteiger partial charge in [-0.05, 0) is 13.1 Å². The van der Waals surface area contributed by atoms with Crippen LogP contribution in [0.5, 0.6) is 5.75 Å². The molecule has 5 nitrogen and oxygen atoms in total. The SMILES string of the molecule is CNCc1[nH]c(=O)nc2c(OC)cccc12. The predicted molar refractivity (Wildman–Crippen MR) is 61.7 cm³/mol. The lowest BCUT2D eigenvalue weighted by Gasteiger charge is -2.07. The van der Waals surface area contributed by atoms with E-state index >= 15 is 0 Å². The highest BCUT2D eigenvalue weighted by Gasteiger charge is 2.07. The average molecular weight is 219 g/mol. The van der Waals surface area contributed by atoms with E-state index in [2.05, 4.69) is 15.3 Å². The number of hydrogen-bond acceptors (Lipinski definition) is 4. The molecule has 0 aliphatic carbocycles. The minimum Gasteiger partial charge on any atom is -0.494 e. The minimum atomic E-state index is -0.359.